The van der Waals surface area contributed by atoms with E-state index in [1.54, 1.807) is 21.0 Å². The Bertz CT molecular complexity index is 870. The summed E-state index contributed by atoms with van der Waals surface area (Å²) in [6.45, 7) is 17.6. The van der Waals surface area contributed by atoms with Crippen molar-refractivity contribution in [2.24, 2.45) is 5.92 Å². The number of nitrogens with zero attached hydrogens (tertiary/aromatic N) is 3. The molecule has 0 aliphatic rings. The van der Waals surface area contributed by atoms with Gasteiger partial charge in [0, 0.05) is 32.9 Å². The summed E-state index contributed by atoms with van der Waals surface area (Å²) in [5.74, 6) is -0.172. The second-order valence-electron chi connectivity index (χ2n) is 7.61. The van der Waals surface area contributed by atoms with Gasteiger partial charge in [-0.25, -0.2) is 28.1 Å². The molecule has 0 aliphatic carbocycles. The standard InChI is InChI=1S/C20H35N3O6Si/c1-9-28-30(27-8,29-10-2)14-17(7)13-23-19(25)21(11-15(3)4)18(24)22(20(23)26)12-16(5)6/h17H,3,5,9-14H2,1-2,4,6-8H3. The Morgan fingerprint density at radius 3 is 1.63 bits per heavy atom. The molecule has 1 atom stereocenters. The monoisotopic (exact) mass is 441 g/mol. The molecule has 0 radical (unpaired) electrons. The zero-order chi connectivity index (χ0) is 23.1. The van der Waals surface area contributed by atoms with Gasteiger partial charge in [-0.05, 0) is 33.6 Å². The van der Waals surface area contributed by atoms with Gasteiger partial charge in [0.2, 0.25) is 0 Å². The van der Waals surface area contributed by atoms with E-state index in [2.05, 4.69) is 13.2 Å². The topological polar surface area (TPSA) is 93.7 Å². The molecule has 170 valence electrons. The molecule has 0 spiro atoms. The highest BCUT2D eigenvalue weighted by Gasteiger charge is 2.41. The second-order valence-corrected chi connectivity index (χ2v) is 10.4. The van der Waals surface area contributed by atoms with E-state index in [4.69, 9.17) is 13.3 Å². The minimum Gasteiger partial charge on any atom is -0.377 e. The van der Waals surface area contributed by atoms with Gasteiger partial charge in [0.15, 0.2) is 0 Å². The fourth-order valence-electron chi connectivity index (χ4n) is 3.25. The highest BCUT2D eigenvalue weighted by Crippen LogP contribution is 2.21. The van der Waals surface area contributed by atoms with E-state index >= 15 is 0 Å². The number of aromatic nitrogens is 3. The van der Waals surface area contributed by atoms with Crippen LogP contribution in [-0.2, 0) is 32.9 Å². The number of hydrogen-bond donors (Lipinski definition) is 0. The van der Waals surface area contributed by atoms with E-state index in [0.717, 1.165) is 13.7 Å². The first-order chi connectivity index (χ1) is 14.0. The van der Waals surface area contributed by atoms with Gasteiger partial charge >= 0.3 is 25.9 Å². The summed E-state index contributed by atoms with van der Waals surface area (Å²) in [5, 5.41) is 0. The van der Waals surface area contributed by atoms with Crippen molar-refractivity contribution in [3.8, 4) is 0 Å². The summed E-state index contributed by atoms with van der Waals surface area (Å²) < 4.78 is 20.4. The molecule has 1 aromatic rings. The smallest absolute Gasteiger partial charge is 0.377 e. The van der Waals surface area contributed by atoms with Gasteiger partial charge < -0.3 is 13.3 Å². The van der Waals surface area contributed by atoms with E-state index < -0.39 is 25.9 Å². The lowest BCUT2D eigenvalue weighted by Crippen LogP contribution is -2.55. The van der Waals surface area contributed by atoms with Crippen LogP contribution in [0.3, 0.4) is 0 Å². The van der Waals surface area contributed by atoms with E-state index in [9.17, 15) is 14.4 Å². The van der Waals surface area contributed by atoms with Crippen LogP contribution in [0, 0.1) is 5.92 Å². The largest absolute Gasteiger partial charge is 0.501 e. The van der Waals surface area contributed by atoms with Gasteiger partial charge in [0.1, 0.15) is 0 Å². The number of allylic oxidation sites excluding steroid dienone is 2. The van der Waals surface area contributed by atoms with Crippen LogP contribution in [0.25, 0.3) is 0 Å². The second kappa shape index (κ2) is 11.4. The lowest BCUT2D eigenvalue weighted by molar-refractivity contribution is 0.0817. The maximum atomic E-state index is 13.0. The van der Waals surface area contributed by atoms with Crippen molar-refractivity contribution < 1.29 is 13.3 Å². The zero-order valence-corrected chi connectivity index (χ0v) is 20.0. The summed E-state index contributed by atoms with van der Waals surface area (Å²) in [5.41, 5.74) is -0.713. The summed E-state index contributed by atoms with van der Waals surface area (Å²) in [6, 6.07) is 0.428. The third kappa shape index (κ3) is 6.49. The molecule has 0 N–H and O–H groups in total. The van der Waals surface area contributed by atoms with Crippen molar-refractivity contribution in [2.45, 2.75) is 60.3 Å². The Morgan fingerprint density at radius 2 is 1.30 bits per heavy atom. The third-order valence-corrected chi connectivity index (χ3v) is 7.65. The predicted octanol–water partition coefficient (Wildman–Crippen LogP) is 1.62. The molecule has 0 fully saturated rings. The molecule has 1 unspecified atom stereocenters. The molecular weight excluding hydrogens is 406 g/mol. The molecule has 1 aromatic heterocycles. The van der Waals surface area contributed by atoms with Gasteiger partial charge in [0.25, 0.3) is 0 Å². The minimum absolute atomic E-state index is 0.0389. The molecule has 10 heteroatoms. The van der Waals surface area contributed by atoms with Crippen LogP contribution in [0.4, 0.5) is 0 Å². The van der Waals surface area contributed by atoms with Crippen LogP contribution in [0.5, 0.6) is 0 Å². The SMILES string of the molecule is C=C(C)Cn1c(=O)n(CC(=C)C)c(=O)n(CC(C)C[Si](OC)(OCC)OCC)c1=O. The van der Waals surface area contributed by atoms with Crippen molar-refractivity contribution in [1.82, 2.24) is 13.7 Å². The number of hydrogen-bond acceptors (Lipinski definition) is 6. The van der Waals surface area contributed by atoms with Gasteiger partial charge in [0.05, 0.1) is 13.1 Å². The van der Waals surface area contributed by atoms with Gasteiger partial charge in [-0.3, -0.25) is 0 Å². The van der Waals surface area contributed by atoms with Crippen LogP contribution in [-0.4, -0.2) is 42.8 Å². The highest BCUT2D eigenvalue weighted by molar-refractivity contribution is 6.60. The fourth-order valence-corrected chi connectivity index (χ4v) is 5.84. The van der Waals surface area contributed by atoms with Crippen LogP contribution in [0.15, 0.2) is 38.7 Å². The first kappa shape index (κ1) is 26.0. The molecule has 0 saturated heterocycles. The third-order valence-electron chi connectivity index (χ3n) is 4.37. The molecule has 0 aromatic carbocycles. The maximum Gasteiger partial charge on any atom is 0.501 e. The summed E-state index contributed by atoms with van der Waals surface area (Å²) >= 11 is 0. The molecule has 0 saturated carbocycles. The van der Waals surface area contributed by atoms with E-state index in [-0.39, 0.29) is 25.6 Å². The highest BCUT2D eigenvalue weighted by atomic mass is 28.4. The minimum atomic E-state index is -2.93. The van der Waals surface area contributed by atoms with Crippen LogP contribution < -0.4 is 17.1 Å². The lowest BCUT2D eigenvalue weighted by Gasteiger charge is -2.29. The Kier molecular flexibility index (Phi) is 9.89. The number of rotatable bonds is 13. The predicted molar refractivity (Wildman–Crippen MR) is 119 cm³/mol. The van der Waals surface area contributed by atoms with Gasteiger partial charge in [-0.15, -0.1) is 0 Å². The van der Waals surface area contributed by atoms with Crippen molar-refractivity contribution in [3.05, 3.63) is 55.8 Å². The van der Waals surface area contributed by atoms with Crippen molar-refractivity contribution in [1.29, 1.82) is 0 Å². The first-order valence-corrected chi connectivity index (χ1v) is 12.0. The normalized spacial score (nSPS) is 12.7. The van der Waals surface area contributed by atoms with Gasteiger partial charge in [-0.1, -0.05) is 31.2 Å². The first-order valence-electron chi connectivity index (χ1n) is 10.1. The Balaban J connectivity index is 3.44. The fraction of sp³-hybridized carbons (Fsp3) is 0.650. The van der Waals surface area contributed by atoms with Crippen molar-refractivity contribution in [2.75, 3.05) is 20.3 Å². The summed E-state index contributed by atoms with van der Waals surface area (Å²) in [4.78, 5) is 38.7. The van der Waals surface area contributed by atoms with Crippen LogP contribution >= 0.6 is 0 Å². The average molecular weight is 442 g/mol. The summed E-state index contributed by atoms with van der Waals surface area (Å²) in [6.07, 6.45) is 0. The molecular formula is C20H35N3O6Si. The van der Waals surface area contributed by atoms with Crippen molar-refractivity contribution in [3.63, 3.8) is 0 Å². The molecule has 1 rings (SSSR count). The van der Waals surface area contributed by atoms with Crippen LogP contribution in [0.1, 0.15) is 34.6 Å². The van der Waals surface area contributed by atoms with E-state index in [0.29, 0.717) is 30.4 Å². The van der Waals surface area contributed by atoms with Crippen LogP contribution in [0.2, 0.25) is 6.04 Å². The maximum absolute atomic E-state index is 13.0. The zero-order valence-electron chi connectivity index (χ0n) is 19.0. The van der Waals surface area contributed by atoms with E-state index in [1.165, 1.54) is 0 Å². The molecule has 0 bridgehead atoms. The quantitative estimate of drug-likeness (QED) is 0.341. The van der Waals surface area contributed by atoms with Crippen molar-refractivity contribution >= 4 is 8.80 Å². The Labute approximate surface area is 178 Å². The summed E-state index contributed by atoms with van der Waals surface area (Å²) in [7, 11) is -1.39. The molecule has 0 aliphatic heterocycles. The van der Waals surface area contributed by atoms with Gasteiger partial charge in [-0.2, -0.15) is 0 Å². The lowest BCUT2D eigenvalue weighted by atomic mass is 10.2. The molecule has 0 amide bonds. The van der Waals surface area contributed by atoms with E-state index in [1.807, 2.05) is 20.8 Å². The Hall–Kier alpha value is -2.01. The molecule has 30 heavy (non-hydrogen) atoms. The average Bonchev–Trinajstić information content (AvgIpc) is 2.66. The molecule has 9 nitrogen and oxygen atoms in total. The molecule has 1 heterocycles. The Morgan fingerprint density at radius 1 is 0.900 bits per heavy atom.